The molecule has 1 rings (SSSR count). The van der Waals surface area contributed by atoms with Crippen LogP contribution in [0.5, 0.6) is 0 Å². The highest BCUT2D eigenvalue weighted by atomic mass is 16.6. The second-order valence-corrected chi connectivity index (χ2v) is 3.75. The first-order valence-corrected chi connectivity index (χ1v) is 5.70. The molecule has 6 nitrogen and oxygen atoms in total. The van der Waals surface area contributed by atoms with Gasteiger partial charge in [0.1, 0.15) is 0 Å². The van der Waals surface area contributed by atoms with Gasteiger partial charge in [0, 0.05) is 24.1 Å². The van der Waals surface area contributed by atoms with Gasteiger partial charge in [0.2, 0.25) is 5.91 Å². The fourth-order valence-corrected chi connectivity index (χ4v) is 1.29. The minimum Gasteiger partial charge on any atom is -0.273 e. The zero-order chi connectivity index (χ0) is 13.4. The number of nitro groups is 1. The van der Waals surface area contributed by atoms with E-state index in [4.69, 9.17) is 0 Å². The molecule has 0 aliphatic carbocycles. The molecule has 6 heteroatoms. The summed E-state index contributed by atoms with van der Waals surface area (Å²) < 4.78 is 0. The topological polar surface area (TPSA) is 84.6 Å². The number of hydrogen-bond donors (Lipinski definition) is 1. The lowest BCUT2D eigenvalue weighted by atomic mass is 10.2. The van der Waals surface area contributed by atoms with Crippen LogP contribution in [0.4, 0.5) is 5.69 Å². The lowest BCUT2D eigenvalue weighted by molar-refractivity contribution is -0.384. The number of nitrogens with one attached hydrogen (secondary N) is 1. The molecule has 0 spiro atoms. The molecule has 1 N–H and O–H groups in total. The number of hydrazone groups is 1. The maximum Gasteiger partial charge on any atom is 0.270 e. The SMILES string of the molecule is CCCCC(=O)N/N=C/c1cccc([N+](=O)[O-])c1. The number of carbonyl (C=O) groups is 1. The van der Waals surface area contributed by atoms with Gasteiger partial charge in [-0.1, -0.05) is 25.5 Å². The van der Waals surface area contributed by atoms with Crippen LogP contribution >= 0.6 is 0 Å². The average molecular weight is 249 g/mol. The van der Waals surface area contributed by atoms with E-state index in [0.29, 0.717) is 12.0 Å². The van der Waals surface area contributed by atoms with Gasteiger partial charge in [0.15, 0.2) is 0 Å². The predicted octanol–water partition coefficient (Wildman–Crippen LogP) is 2.24. The van der Waals surface area contributed by atoms with Crippen LogP contribution in [0, 0.1) is 10.1 Å². The van der Waals surface area contributed by atoms with Crippen molar-refractivity contribution in [3.8, 4) is 0 Å². The van der Waals surface area contributed by atoms with Gasteiger partial charge in [-0.3, -0.25) is 14.9 Å². The van der Waals surface area contributed by atoms with Crippen LogP contribution in [-0.2, 0) is 4.79 Å². The third-order valence-corrected chi connectivity index (χ3v) is 2.24. The second-order valence-electron chi connectivity index (χ2n) is 3.75. The molecule has 0 heterocycles. The van der Waals surface area contributed by atoms with Crippen molar-refractivity contribution >= 4 is 17.8 Å². The molecule has 1 amide bonds. The molecule has 0 aliphatic rings. The van der Waals surface area contributed by atoms with Crippen LogP contribution in [0.25, 0.3) is 0 Å². The van der Waals surface area contributed by atoms with E-state index < -0.39 is 4.92 Å². The van der Waals surface area contributed by atoms with Crippen molar-refractivity contribution in [1.82, 2.24) is 5.43 Å². The van der Waals surface area contributed by atoms with E-state index in [9.17, 15) is 14.9 Å². The van der Waals surface area contributed by atoms with Crippen LogP contribution in [0.3, 0.4) is 0 Å². The van der Waals surface area contributed by atoms with Crippen molar-refractivity contribution in [2.45, 2.75) is 26.2 Å². The summed E-state index contributed by atoms with van der Waals surface area (Å²) in [6, 6.07) is 6.03. The first-order chi connectivity index (χ1) is 8.63. The molecule has 0 unspecified atom stereocenters. The van der Waals surface area contributed by atoms with Gasteiger partial charge in [-0.2, -0.15) is 5.10 Å². The van der Waals surface area contributed by atoms with Gasteiger partial charge in [-0.05, 0) is 6.42 Å². The molecule has 0 saturated heterocycles. The van der Waals surface area contributed by atoms with E-state index in [0.717, 1.165) is 12.8 Å². The summed E-state index contributed by atoms with van der Waals surface area (Å²) in [7, 11) is 0. The number of amides is 1. The van der Waals surface area contributed by atoms with Crippen LogP contribution in [-0.4, -0.2) is 17.0 Å². The molecule has 0 atom stereocenters. The quantitative estimate of drug-likeness (QED) is 0.476. The molecule has 18 heavy (non-hydrogen) atoms. The van der Waals surface area contributed by atoms with Crippen molar-refractivity contribution in [2.24, 2.45) is 5.10 Å². The molecule has 0 saturated carbocycles. The van der Waals surface area contributed by atoms with Gasteiger partial charge < -0.3 is 0 Å². The number of rotatable bonds is 6. The Balaban J connectivity index is 2.54. The normalized spacial score (nSPS) is 10.5. The van der Waals surface area contributed by atoms with Crippen LogP contribution in [0.2, 0.25) is 0 Å². The number of nitrogens with zero attached hydrogens (tertiary/aromatic N) is 2. The zero-order valence-corrected chi connectivity index (χ0v) is 10.1. The molecule has 0 fully saturated rings. The second kappa shape index (κ2) is 7.16. The molecule has 96 valence electrons. The summed E-state index contributed by atoms with van der Waals surface area (Å²) in [5.74, 6) is -0.154. The van der Waals surface area contributed by atoms with Gasteiger partial charge in [0.05, 0.1) is 11.1 Å². The minimum absolute atomic E-state index is 0.00346. The molecule has 0 aliphatic heterocycles. The molecule has 1 aromatic carbocycles. The van der Waals surface area contributed by atoms with Gasteiger partial charge in [-0.15, -0.1) is 0 Å². The Morgan fingerprint density at radius 3 is 3.00 bits per heavy atom. The molecule has 0 aromatic heterocycles. The molecular formula is C12H15N3O3. The predicted molar refractivity (Wildman–Crippen MR) is 68.4 cm³/mol. The van der Waals surface area contributed by atoms with Crippen molar-refractivity contribution in [2.75, 3.05) is 0 Å². The summed E-state index contributed by atoms with van der Waals surface area (Å²) in [6.07, 6.45) is 3.58. The van der Waals surface area contributed by atoms with E-state index in [1.54, 1.807) is 12.1 Å². The number of carbonyl (C=O) groups excluding carboxylic acids is 1. The Labute approximate surface area is 105 Å². The minimum atomic E-state index is -0.475. The van der Waals surface area contributed by atoms with E-state index in [1.165, 1.54) is 18.3 Å². The highest BCUT2D eigenvalue weighted by Gasteiger charge is 2.04. The van der Waals surface area contributed by atoms with Gasteiger partial charge in [0.25, 0.3) is 5.69 Å². The number of benzene rings is 1. The lowest BCUT2D eigenvalue weighted by Gasteiger charge is -1.97. The van der Waals surface area contributed by atoms with Crippen LogP contribution < -0.4 is 5.43 Å². The van der Waals surface area contributed by atoms with Crippen molar-refractivity contribution in [3.63, 3.8) is 0 Å². The standard InChI is InChI=1S/C12H15N3O3/c1-2-3-7-12(16)14-13-9-10-5-4-6-11(8-10)15(17)18/h4-6,8-9H,2-3,7H2,1H3,(H,14,16)/b13-9+. The lowest BCUT2D eigenvalue weighted by Crippen LogP contribution is -2.16. The van der Waals surface area contributed by atoms with Crippen molar-refractivity contribution in [1.29, 1.82) is 0 Å². The van der Waals surface area contributed by atoms with Crippen molar-refractivity contribution in [3.05, 3.63) is 39.9 Å². The Morgan fingerprint density at radius 2 is 2.33 bits per heavy atom. The summed E-state index contributed by atoms with van der Waals surface area (Å²) in [6.45, 7) is 2.00. The Bertz CT molecular complexity index is 458. The van der Waals surface area contributed by atoms with Gasteiger partial charge >= 0.3 is 0 Å². The molecular weight excluding hydrogens is 234 g/mol. The van der Waals surface area contributed by atoms with Crippen LogP contribution in [0.1, 0.15) is 31.7 Å². The van der Waals surface area contributed by atoms with Crippen molar-refractivity contribution < 1.29 is 9.72 Å². The average Bonchev–Trinajstić information content (AvgIpc) is 2.36. The Kier molecular flexibility index (Phi) is 5.50. The summed E-state index contributed by atoms with van der Waals surface area (Å²) >= 11 is 0. The highest BCUT2D eigenvalue weighted by Crippen LogP contribution is 2.11. The zero-order valence-electron chi connectivity index (χ0n) is 10.1. The third-order valence-electron chi connectivity index (χ3n) is 2.24. The summed E-state index contributed by atoms with van der Waals surface area (Å²) in [4.78, 5) is 21.3. The van der Waals surface area contributed by atoms with E-state index in [2.05, 4.69) is 10.5 Å². The number of non-ortho nitro benzene ring substituents is 1. The van der Waals surface area contributed by atoms with E-state index in [1.807, 2.05) is 6.92 Å². The Morgan fingerprint density at radius 1 is 1.56 bits per heavy atom. The third kappa shape index (κ3) is 4.73. The summed E-state index contributed by atoms with van der Waals surface area (Å²) in [5, 5.41) is 14.3. The van der Waals surface area contributed by atoms with Crippen LogP contribution in [0.15, 0.2) is 29.4 Å². The maximum absolute atomic E-state index is 11.2. The monoisotopic (exact) mass is 249 g/mol. The Hall–Kier alpha value is -2.24. The smallest absolute Gasteiger partial charge is 0.270 e. The molecule has 0 radical (unpaired) electrons. The van der Waals surface area contributed by atoms with Gasteiger partial charge in [-0.25, -0.2) is 5.43 Å². The summed E-state index contributed by atoms with van der Waals surface area (Å²) in [5.41, 5.74) is 2.94. The number of unbranched alkanes of at least 4 members (excludes halogenated alkanes) is 1. The first kappa shape index (κ1) is 13.8. The fraction of sp³-hybridized carbons (Fsp3) is 0.333. The first-order valence-electron chi connectivity index (χ1n) is 5.70. The number of nitro benzene ring substituents is 1. The largest absolute Gasteiger partial charge is 0.273 e. The molecule has 1 aromatic rings. The van der Waals surface area contributed by atoms with E-state index in [-0.39, 0.29) is 11.6 Å². The fourth-order valence-electron chi connectivity index (χ4n) is 1.29. The highest BCUT2D eigenvalue weighted by molar-refractivity contribution is 5.83. The maximum atomic E-state index is 11.2. The van der Waals surface area contributed by atoms with E-state index >= 15 is 0 Å². The molecule has 0 bridgehead atoms. The number of hydrogen-bond acceptors (Lipinski definition) is 4.